The van der Waals surface area contributed by atoms with Crippen LogP contribution in [-0.4, -0.2) is 35.5 Å². The summed E-state index contributed by atoms with van der Waals surface area (Å²) in [5, 5.41) is 3.22. The van der Waals surface area contributed by atoms with Crippen LogP contribution in [0.1, 0.15) is 89.5 Å². The molecule has 2 atom stereocenters. The van der Waals surface area contributed by atoms with Gasteiger partial charge in [0.1, 0.15) is 0 Å². The van der Waals surface area contributed by atoms with Gasteiger partial charge in [0.2, 0.25) is 0 Å². The molecule has 4 fully saturated rings. The topological polar surface area (TPSA) is 45.2 Å². The van der Waals surface area contributed by atoms with Gasteiger partial charge in [-0.25, -0.2) is 4.79 Å². The first-order valence-corrected chi connectivity index (χ1v) is 13.1. The minimum Gasteiger partial charge on any atom is -0.338 e. The maximum atomic E-state index is 13.0. The molecule has 4 saturated carbocycles. The predicted octanol–water partition coefficient (Wildman–Crippen LogP) is 6.21. The highest BCUT2D eigenvalue weighted by Crippen LogP contribution is 2.59. The minimum atomic E-state index is 0.161. The summed E-state index contributed by atoms with van der Waals surface area (Å²) in [6.45, 7) is 4.85. The van der Waals surface area contributed by atoms with Crippen LogP contribution in [0, 0.1) is 23.2 Å². The van der Waals surface area contributed by atoms with Crippen molar-refractivity contribution in [3.63, 3.8) is 0 Å². The number of amides is 2. The normalized spacial score (nSPS) is 29.0. The van der Waals surface area contributed by atoms with Crippen LogP contribution in [0.4, 0.5) is 4.79 Å². The molecule has 1 heterocycles. The molecule has 31 heavy (non-hydrogen) atoms. The molecule has 2 amide bonds. The Morgan fingerprint density at radius 3 is 2.45 bits per heavy atom. The first-order chi connectivity index (χ1) is 15.2. The molecular formula is C27H43N3O. The molecule has 5 rings (SSSR count). The van der Waals surface area contributed by atoms with Gasteiger partial charge in [-0.3, -0.25) is 4.98 Å². The van der Waals surface area contributed by atoms with Crippen LogP contribution in [0.3, 0.4) is 0 Å². The fraction of sp³-hybridized carbons (Fsp3) is 0.778. The van der Waals surface area contributed by atoms with E-state index in [0.29, 0.717) is 5.41 Å². The summed E-state index contributed by atoms with van der Waals surface area (Å²) in [5.74, 6) is 2.93. The molecule has 0 aromatic carbocycles. The molecule has 0 spiro atoms. The predicted molar refractivity (Wildman–Crippen MR) is 127 cm³/mol. The van der Waals surface area contributed by atoms with Gasteiger partial charge < -0.3 is 10.2 Å². The highest BCUT2D eigenvalue weighted by molar-refractivity contribution is 5.74. The van der Waals surface area contributed by atoms with E-state index in [-0.39, 0.29) is 6.03 Å². The quantitative estimate of drug-likeness (QED) is 0.428. The van der Waals surface area contributed by atoms with Crippen molar-refractivity contribution in [2.45, 2.75) is 90.4 Å². The zero-order valence-electron chi connectivity index (χ0n) is 19.7. The Hall–Kier alpha value is -1.58. The smallest absolute Gasteiger partial charge is 0.317 e. The van der Waals surface area contributed by atoms with Gasteiger partial charge in [0, 0.05) is 32.0 Å². The summed E-state index contributed by atoms with van der Waals surface area (Å²) in [7, 11) is 0. The molecule has 2 unspecified atom stereocenters. The molecule has 1 aromatic heterocycles. The van der Waals surface area contributed by atoms with Crippen LogP contribution in [0.25, 0.3) is 0 Å². The van der Waals surface area contributed by atoms with E-state index in [9.17, 15) is 4.79 Å². The number of pyridine rings is 1. The van der Waals surface area contributed by atoms with Crippen LogP contribution in [-0.2, 0) is 6.42 Å². The van der Waals surface area contributed by atoms with Crippen molar-refractivity contribution >= 4 is 6.03 Å². The second-order valence-corrected chi connectivity index (χ2v) is 10.9. The van der Waals surface area contributed by atoms with Gasteiger partial charge in [-0.15, -0.1) is 0 Å². The summed E-state index contributed by atoms with van der Waals surface area (Å²) >= 11 is 0. The second-order valence-electron chi connectivity index (χ2n) is 10.9. The van der Waals surface area contributed by atoms with Gasteiger partial charge in [-0.2, -0.15) is 0 Å². The molecule has 1 N–H and O–H groups in total. The third-order valence-electron chi connectivity index (χ3n) is 8.38. The zero-order chi connectivity index (χ0) is 21.5. The Labute approximate surface area is 189 Å². The van der Waals surface area contributed by atoms with E-state index < -0.39 is 0 Å². The van der Waals surface area contributed by atoms with Crippen LogP contribution < -0.4 is 5.32 Å². The first-order valence-electron chi connectivity index (χ1n) is 13.1. The standard InChI is InChI=1S/C27H43N3O/c1-2-3-4-15-30(26(31)29-12-5-6-22-9-13-28-14-10-22)16-11-27-19-23-7-8-24(20-27)18-25(17-23)21-27/h9-10,13-14,23-25H,2-8,11-12,15-21H2,1H3,(H,29,31). The molecule has 4 aliphatic carbocycles. The summed E-state index contributed by atoms with van der Waals surface area (Å²) < 4.78 is 0. The summed E-state index contributed by atoms with van der Waals surface area (Å²) in [5.41, 5.74) is 1.83. The fourth-order valence-corrected chi connectivity index (χ4v) is 7.07. The summed E-state index contributed by atoms with van der Waals surface area (Å²) in [6, 6.07) is 4.29. The highest BCUT2D eigenvalue weighted by Gasteiger charge is 2.48. The Bertz CT molecular complexity index is 675. The minimum absolute atomic E-state index is 0.161. The lowest BCUT2D eigenvalue weighted by molar-refractivity contribution is 0.0216. The number of urea groups is 1. The molecule has 4 bridgehead atoms. The number of fused-ring (bicyclic) bond motifs is 1. The molecule has 0 saturated heterocycles. The Morgan fingerprint density at radius 1 is 1.03 bits per heavy atom. The van der Waals surface area contributed by atoms with Crippen molar-refractivity contribution in [2.24, 2.45) is 23.2 Å². The van der Waals surface area contributed by atoms with Gasteiger partial charge in [-0.05, 0) is 98.7 Å². The number of hydrogen-bond donors (Lipinski definition) is 1. The van der Waals surface area contributed by atoms with Gasteiger partial charge in [-0.1, -0.05) is 32.6 Å². The number of nitrogens with zero attached hydrogens (tertiary/aromatic N) is 2. The summed E-state index contributed by atoms with van der Waals surface area (Å²) in [4.78, 5) is 19.3. The lowest BCUT2D eigenvalue weighted by Crippen LogP contribution is -2.45. The molecule has 1 aromatic rings. The maximum Gasteiger partial charge on any atom is 0.317 e. The number of rotatable bonds is 11. The van der Waals surface area contributed by atoms with Gasteiger partial charge in [0.25, 0.3) is 0 Å². The Kier molecular flexibility index (Phi) is 7.90. The number of hydrogen-bond acceptors (Lipinski definition) is 2. The van der Waals surface area contributed by atoms with Crippen LogP contribution in [0.5, 0.6) is 0 Å². The number of aromatic nitrogens is 1. The van der Waals surface area contributed by atoms with E-state index in [2.05, 4.69) is 34.3 Å². The molecule has 172 valence electrons. The monoisotopic (exact) mass is 425 g/mol. The van der Waals surface area contributed by atoms with Crippen molar-refractivity contribution in [3.05, 3.63) is 30.1 Å². The van der Waals surface area contributed by atoms with E-state index in [1.807, 2.05) is 12.4 Å². The first kappa shape index (κ1) is 22.6. The average molecular weight is 426 g/mol. The van der Waals surface area contributed by atoms with Crippen LogP contribution >= 0.6 is 0 Å². The second kappa shape index (κ2) is 10.8. The number of carbonyl (C=O) groups excluding carboxylic acids is 1. The zero-order valence-corrected chi connectivity index (χ0v) is 19.7. The van der Waals surface area contributed by atoms with Gasteiger partial charge >= 0.3 is 6.03 Å². The average Bonchev–Trinajstić information content (AvgIpc) is 2.99. The van der Waals surface area contributed by atoms with Gasteiger partial charge in [0.15, 0.2) is 0 Å². The van der Waals surface area contributed by atoms with Crippen molar-refractivity contribution in [3.8, 4) is 0 Å². The van der Waals surface area contributed by atoms with Crippen LogP contribution in [0.15, 0.2) is 24.5 Å². The van der Waals surface area contributed by atoms with Crippen LogP contribution in [0.2, 0.25) is 0 Å². The molecule has 0 aliphatic heterocycles. The third-order valence-corrected chi connectivity index (χ3v) is 8.38. The van der Waals surface area contributed by atoms with Gasteiger partial charge in [0.05, 0.1) is 0 Å². The molecule has 4 nitrogen and oxygen atoms in total. The largest absolute Gasteiger partial charge is 0.338 e. The highest BCUT2D eigenvalue weighted by atomic mass is 16.2. The molecule has 0 radical (unpaired) electrons. The van der Waals surface area contributed by atoms with E-state index in [1.54, 1.807) is 0 Å². The van der Waals surface area contributed by atoms with Crippen molar-refractivity contribution in [1.82, 2.24) is 15.2 Å². The Morgan fingerprint density at radius 2 is 1.74 bits per heavy atom. The SMILES string of the molecule is CCCCCN(CCC12CC3CCC(CC(C3)C1)C2)C(=O)NCCCc1ccncc1. The fourth-order valence-electron chi connectivity index (χ4n) is 7.07. The maximum absolute atomic E-state index is 13.0. The molecular weight excluding hydrogens is 382 g/mol. The van der Waals surface area contributed by atoms with Crippen molar-refractivity contribution in [1.29, 1.82) is 0 Å². The number of nitrogens with one attached hydrogen (secondary N) is 1. The summed E-state index contributed by atoms with van der Waals surface area (Å²) in [6.07, 6.45) is 20.7. The lowest BCUT2D eigenvalue weighted by Gasteiger charge is -2.49. The van der Waals surface area contributed by atoms with Crippen molar-refractivity contribution < 1.29 is 4.79 Å². The van der Waals surface area contributed by atoms with Crippen molar-refractivity contribution in [2.75, 3.05) is 19.6 Å². The van der Waals surface area contributed by atoms with E-state index >= 15 is 0 Å². The Balaban J connectivity index is 1.28. The molecule has 4 aliphatic rings. The number of carbonyl (C=O) groups is 1. The van der Waals surface area contributed by atoms with E-state index in [4.69, 9.17) is 0 Å². The number of aryl methyl sites for hydroxylation is 1. The number of unbranched alkanes of at least 4 members (excludes halogenated alkanes) is 2. The van der Waals surface area contributed by atoms with E-state index in [0.717, 1.165) is 56.7 Å². The molecule has 4 heteroatoms. The lowest BCUT2D eigenvalue weighted by atomic mass is 9.57. The van der Waals surface area contributed by atoms with E-state index in [1.165, 1.54) is 69.8 Å². The third kappa shape index (κ3) is 6.23.